The van der Waals surface area contributed by atoms with Crippen LogP contribution in [0.3, 0.4) is 0 Å². The first kappa shape index (κ1) is 9.42. The Morgan fingerprint density at radius 2 is 2.14 bits per heavy atom. The van der Waals surface area contributed by atoms with Crippen molar-refractivity contribution in [2.24, 2.45) is 7.05 Å². The number of nitrogens with two attached hydrogens (primary N) is 1. The summed E-state index contributed by atoms with van der Waals surface area (Å²) in [6.07, 6.45) is 1.27. The number of aromatic nitrogens is 3. The summed E-state index contributed by atoms with van der Waals surface area (Å²) >= 11 is 0. The monoisotopic (exact) mass is 197 g/mol. The zero-order valence-corrected chi connectivity index (χ0v) is 8.19. The first-order chi connectivity index (χ1) is 6.62. The second-order valence-electron chi connectivity index (χ2n) is 3.70. The molecule has 1 fully saturated rings. The Labute approximate surface area is 82.1 Å². The van der Waals surface area contributed by atoms with E-state index in [-0.39, 0.29) is 0 Å². The van der Waals surface area contributed by atoms with Gasteiger partial charge in [-0.2, -0.15) is 10.1 Å². The van der Waals surface area contributed by atoms with Crippen LogP contribution in [0.25, 0.3) is 0 Å². The highest BCUT2D eigenvalue weighted by Crippen LogP contribution is 2.27. The van der Waals surface area contributed by atoms with E-state index in [1.807, 2.05) is 0 Å². The molecule has 6 nitrogen and oxygen atoms in total. The minimum absolute atomic E-state index is 0.340. The smallest absolute Gasteiger partial charge is 0.218 e. The minimum atomic E-state index is -0.902. The maximum absolute atomic E-state index is 10.2. The van der Waals surface area contributed by atoms with E-state index in [0.717, 1.165) is 13.1 Å². The molecule has 1 aromatic heterocycles. The summed E-state index contributed by atoms with van der Waals surface area (Å²) in [5.74, 6) is 0.783. The van der Waals surface area contributed by atoms with Crippen molar-refractivity contribution in [3.63, 3.8) is 0 Å². The number of anilines is 1. The summed E-state index contributed by atoms with van der Waals surface area (Å²) in [5, 5.41) is 17.5. The molecular formula is C8H15N5O. The van der Waals surface area contributed by atoms with Gasteiger partial charge in [0.05, 0.1) is 0 Å². The van der Waals surface area contributed by atoms with Gasteiger partial charge in [-0.1, -0.05) is 0 Å². The summed E-state index contributed by atoms with van der Waals surface area (Å²) in [7, 11) is 1.72. The summed E-state index contributed by atoms with van der Waals surface area (Å²) in [6.45, 7) is 1.57. The number of nitrogen functional groups attached to an aromatic ring is 1. The molecule has 2 rings (SSSR count). The molecular weight excluding hydrogens is 182 g/mol. The number of nitrogens with zero attached hydrogens (tertiary/aromatic N) is 3. The lowest BCUT2D eigenvalue weighted by atomic mass is 9.92. The van der Waals surface area contributed by atoms with Gasteiger partial charge in [0.2, 0.25) is 5.95 Å². The molecule has 1 saturated heterocycles. The van der Waals surface area contributed by atoms with E-state index < -0.39 is 5.60 Å². The van der Waals surface area contributed by atoms with E-state index >= 15 is 0 Å². The molecule has 78 valence electrons. The Morgan fingerprint density at radius 1 is 1.50 bits per heavy atom. The summed E-state index contributed by atoms with van der Waals surface area (Å²) in [5.41, 5.74) is 4.67. The number of aliphatic hydroxyl groups is 1. The fraction of sp³-hybridized carbons (Fsp3) is 0.750. The molecule has 0 amide bonds. The molecule has 1 aliphatic heterocycles. The van der Waals surface area contributed by atoms with Crippen LogP contribution in [-0.4, -0.2) is 33.0 Å². The molecule has 0 aliphatic carbocycles. The molecule has 14 heavy (non-hydrogen) atoms. The Hall–Kier alpha value is -1.14. The van der Waals surface area contributed by atoms with E-state index in [1.54, 1.807) is 7.05 Å². The number of piperidine rings is 1. The average Bonchev–Trinajstić information content (AvgIpc) is 2.49. The standard InChI is InChI=1S/C8H15N5O/c1-13-7(9)11-6(12-13)8(14)2-4-10-5-3-8/h10,14H,2-5H2,1H3,(H2,9,11,12). The van der Waals surface area contributed by atoms with Crippen molar-refractivity contribution in [2.45, 2.75) is 18.4 Å². The normalized spacial score (nSPS) is 21.0. The third kappa shape index (κ3) is 1.46. The lowest BCUT2D eigenvalue weighted by Crippen LogP contribution is -2.40. The molecule has 0 spiro atoms. The van der Waals surface area contributed by atoms with Crippen LogP contribution in [0.4, 0.5) is 5.95 Å². The average molecular weight is 197 g/mol. The van der Waals surface area contributed by atoms with Crippen LogP contribution < -0.4 is 11.1 Å². The van der Waals surface area contributed by atoms with Crippen LogP contribution in [0, 0.1) is 0 Å². The topological polar surface area (TPSA) is 89.0 Å². The van der Waals surface area contributed by atoms with Gasteiger partial charge in [0.1, 0.15) is 5.60 Å². The van der Waals surface area contributed by atoms with Crippen molar-refractivity contribution in [1.82, 2.24) is 20.1 Å². The van der Waals surface area contributed by atoms with Crippen molar-refractivity contribution in [1.29, 1.82) is 0 Å². The van der Waals surface area contributed by atoms with Gasteiger partial charge in [0.25, 0.3) is 0 Å². The summed E-state index contributed by atoms with van der Waals surface area (Å²) in [6, 6.07) is 0. The van der Waals surface area contributed by atoms with Gasteiger partial charge in [-0.3, -0.25) is 0 Å². The van der Waals surface area contributed by atoms with Gasteiger partial charge >= 0.3 is 0 Å². The fourth-order valence-corrected chi connectivity index (χ4v) is 1.66. The largest absolute Gasteiger partial charge is 0.382 e. The van der Waals surface area contributed by atoms with Crippen molar-refractivity contribution in [3.05, 3.63) is 5.82 Å². The van der Waals surface area contributed by atoms with E-state index in [4.69, 9.17) is 5.73 Å². The molecule has 1 aromatic rings. The van der Waals surface area contributed by atoms with Crippen molar-refractivity contribution >= 4 is 5.95 Å². The minimum Gasteiger partial charge on any atom is -0.382 e. The number of hydrogen-bond donors (Lipinski definition) is 3. The fourth-order valence-electron chi connectivity index (χ4n) is 1.66. The molecule has 2 heterocycles. The number of aryl methyl sites for hydroxylation is 1. The van der Waals surface area contributed by atoms with Gasteiger partial charge in [0, 0.05) is 7.05 Å². The van der Waals surface area contributed by atoms with Crippen LogP contribution in [0.15, 0.2) is 0 Å². The second-order valence-corrected chi connectivity index (χ2v) is 3.70. The zero-order valence-electron chi connectivity index (χ0n) is 8.19. The van der Waals surface area contributed by atoms with Gasteiger partial charge in [0.15, 0.2) is 5.82 Å². The Balaban J connectivity index is 2.28. The predicted molar refractivity (Wildman–Crippen MR) is 51.4 cm³/mol. The lowest BCUT2D eigenvalue weighted by molar-refractivity contribution is -0.00249. The van der Waals surface area contributed by atoms with E-state index in [0.29, 0.717) is 24.6 Å². The highest BCUT2D eigenvalue weighted by molar-refractivity contribution is 5.18. The summed E-state index contributed by atoms with van der Waals surface area (Å²) < 4.78 is 1.48. The van der Waals surface area contributed by atoms with Gasteiger partial charge in [-0.05, 0) is 25.9 Å². The van der Waals surface area contributed by atoms with Gasteiger partial charge < -0.3 is 16.2 Å². The number of nitrogens with one attached hydrogen (secondary N) is 1. The van der Waals surface area contributed by atoms with E-state index in [1.165, 1.54) is 4.68 Å². The Morgan fingerprint density at radius 3 is 2.64 bits per heavy atom. The van der Waals surface area contributed by atoms with E-state index in [2.05, 4.69) is 15.4 Å². The second kappa shape index (κ2) is 3.21. The molecule has 1 aliphatic rings. The zero-order chi connectivity index (χ0) is 10.2. The number of hydrogen-bond acceptors (Lipinski definition) is 5. The first-order valence-electron chi connectivity index (χ1n) is 4.72. The maximum atomic E-state index is 10.2. The molecule has 0 saturated carbocycles. The summed E-state index contributed by atoms with van der Waals surface area (Å²) in [4.78, 5) is 4.06. The van der Waals surface area contributed by atoms with Crippen LogP contribution >= 0.6 is 0 Å². The SMILES string of the molecule is Cn1nc(C2(O)CCNCC2)nc1N. The van der Waals surface area contributed by atoms with Crippen LogP contribution in [0.1, 0.15) is 18.7 Å². The Bertz CT molecular complexity index is 309. The molecule has 0 unspecified atom stereocenters. The molecule has 4 N–H and O–H groups in total. The van der Waals surface area contributed by atoms with Gasteiger partial charge in [-0.15, -0.1) is 0 Å². The lowest BCUT2D eigenvalue weighted by Gasteiger charge is -2.29. The molecule has 0 atom stereocenters. The van der Waals surface area contributed by atoms with Crippen LogP contribution in [0.2, 0.25) is 0 Å². The van der Waals surface area contributed by atoms with E-state index in [9.17, 15) is 5.11 Å². The van der Waals surface area contributed by atoms with Crippen LogP contribution in [-0.2, 0) is 12.6 Å². The van der Waals surface area contributed by atoms with Crippen molar-refractivity contribution in [3.8, 4) is 0 Å². The molecule has 6 heteroatoms. The van der Waals surface area contributed by atoms with Crippen molar-refractivity contribution < 1.29 is 5.11 Å². The van der Waals surface area contributed by atoms with Gasteiger partial charge in [-0.25, -0.2) is 4.68 Å². The quantitative estimate of drug-likeness (QED) is 0.535. The maximum Gasteiger partial charge on any atom is 0.218 e. The third-order valence-corrected chi connectivity index (χ3v) is 2.64. The molecule has 0 radical (unpaired) electrons. The highest BCUT2D eigenvalue weighted by Gasteiger charge is 2.35. The first-order valence-corrected chi connectivity index (χ1v) is 4.72. The van der Waals surface area contributed by atoms with Crippen molar-refractivity contribution in [2.75, 3.05) is 18.8 Å². The number of rotatable bonds is 1. The predicted octanol–water partition coefficient (Wildman–Crippen LogP) is -1.03. The van der Waals surface area contributed by atoms with Crippen LogP contribution in [0.5, 0.6) is 0 Å². The Kier molecular flexibility index (Phi) is 2.16. The molecule has 0 bridgehead atoms. The third-order valence-electron chi connectivity index (χ3n) is 2.64. The molecule has 0 aromatic carbocycles. The highest BCUT2D eigenvalue weighted by atomic mass is 16.3.